The highest BCUT2D eigenvalue weighted by atomic mass is 16.3. The summed E-state index contributed by atoms with van der Waals surface area (Å²) in [6.07, 6.45) is 0. The maximum atomic E-state index is 6.84. The van der Waals surface area contributed by atoms with Gasteiger partial charge >= 0.3 is 0 Å². The minimum absolute atomic E-state index is 0.437. The van der Waals surface area contributed by atoms with Gasteiger partial charge in [0.1, 0.15) is 11.2 Å². The van der Waals surface area contributed by atoms with Crippen LogP contribution in [0.4, 0.5) is 17.1 Å². The van der Waals surface area contributed by atoms with Gasteiger partial charge in [-0.3, -0.25) is 0 Å². The number of furan rings is 1. The standard InChI is InChI=1S/C61H39NO/c1-3-15-40(16-4-1)41-29-33-44(34-30-41)62(45-35-31-43(32-36-45)48-23-14-25-54-53-24-13-22-47(59(53)63-60(48)54)42-17-5-2-6-18-42)46-37-38-52-51-21-9-12-28-57(51)61(58(52)39-46)55-26-10-7-19-49(55)50-20-8-11-27-56(50)61/h1-39H. The molecule has 11 aromatic rings. The topological polar surface area (TPSA) is 16.4 Å². The van der Waals surface area contributed by atoms with Gasteiger partial charge in [-0.1, -0.05) is 200 Å². The molecule has 0 saturated heterocycles. The predicted octanol–water partition coefficient (Wildman–Crippen LogP) is 16.4. The molecule has 294 valence electrons. The second-order valence-corrected chi connectivity index (χ2v) is 16.7. The first kappa shape index (κ1) is 35.5. The molecule has 0 unspecified atom stereocenters. The summed E-state index contributed by atoms with van der Waals surface area (Å²) in [7, 11) is 0. The summed E-state index contributed by atoms with van der Waals surface area (Å²) in [6.45, 7) is 0. The first-order chi connectivity index (χ1) is 31.3. The summed E-state index contributed by atoms with van der Waals surface area (Å²) in [5.74, 6) is 0. The normalized spacial score (nSPS) is 12.9. The van der Waals surface area contributed by atoms with Crippen molar-refractivity contribution < 1.29 is 4.42 Å². The molecule has 2 aliphatic carbocycles. The van der Waals surface area contributed by atoms with Crippen molar-refractivity contribution in [3.63, 3.8) is 0 Å². The lowest BCUT2D eigenvalue weighted by Gasteiger charge is -2.32. The van der Waals surface area contributed by atoms with E-state index in [-0.39, 0.29) is 0 Å². The quantitative estimate of drug-likeness (QED) is 0.167. The lowest BCUT2D eigenvalue weighted by atomic mass is 9.70. The van der Waals surface area contributed by atoms with Crippen LogP contribution >= 0.6 is 0 Å². The Hall–Kier alpha value is -8.20. The van der Waals surface area contributed by atoms with Gasteiger partial charge < -0.3 is 9.32 Å². The van der Waals surface area contributed by atoms with Crippen LogP contribution in [0.2, 0.25) is 0 Å². The van der Waals surface area contributed by atoms with Crippen LogP contribution in [0.25, 0.3) is 77.6 Å². The van der Waals surface area contributed by atoms with E-state index < -0.39 is 5.41 Å². The van der Waals surface area contributed by atoms with Crippen LogP contribution < -0.4 is 4.90 Å². The Bertz CT molecular complexity index is 3480. The molecule has 0 atom stereocenters. The van der Waals surface area contributed by atoms with Gasteiger partial charge in [0.05, 0.1) is 5.41 Å². The largest absolute Gasteiger partial charge is 0.455 e. The Morgan fingerprint density at radius 3 is 1.17 bits per heavy atom. The summed E-state index contributed by atoms with van der Waals surface area (Å²) in [5, 5.41) is 2.24. The number of anilines is 3. The molecule has 10 aromatic carbocycles. The second-order valence-electron chi connectivity index (χ2n) is 16.7. The molecule has 1 aromatic heterocycles. The monoisotopic (exact) mass is 801 g/mol. The first-order valence-corrected chi connectivity index (χ1v) is 21.8. The highest BCUT2D eigenvalue weighted by molar-refractivity contribution is 6.13. The smallest absolute Gasteiger partial charge is 0.143 e. The molecular formula is C61H39NO. The summed E-state index contributed by atoms with van der Waals surface area (Å²) in [6, 6.07) is 86.3. The molecule has 2 aliphatic rings. The van der Waals surface area contributed by atoms with Crippen LogP contribution in [-0.4, -0.2) is 0 Å². The van der Waals surface area contributed by atoms with E-state index in [9.17, 15) is 0 Å². The summed E-state index contributed by atoms with van der Waals surface area (Å²) >= 11 is 0. The van der Waals surface area contributed by atoms with Crippen molar-refractivity contribution in [1.29, 1.82) is 0 Å². The van der Waals surface area contributed by atoms with Crippen molar-refractivity contribution in [2.75, 3.05) is 4.90 Å². The first-order valence-electron chi connectivity index (χ1n) is 21.8. The Morgan fingerprint density at radius 2 is 0.651 bits per heavy atom. The molecule has 0 aliphatic heterocycles. The van der Waals surface area contributed by atoms with Crippen molar-refractivity contribution in [2.45, 2.75) is 5.41 Å². The fourth-order valence-electron chi connectivity index (χ4n) is 10.8. The van der Waals surface area contributed by atoms with Gasteiger partial charge in [0.2, 0.25) is 0 Å². The predicted molar refractivity (Wildman–Crippen MR) is 261 cm³/mol. The maximum Gasteiger partial charge on any atom is 0.143 e. The van der Waals surface area contributed by atoms with Crippen molar-refractivity contribution in [1.82, 2.24) is 0 Å². The minimum Gasteiger partial charge on any atom is -0.455 e. The summed E-state index contributed by atoms with van der Waals surface area (Å²) < 4.78 is 6.84. The van der Waals surface area contributed by atoms with Crippen LogP contribution in [0.1, 0.15) is 22.3 Å². The highest BCUT2D eigenvalue weighted by Gasteiger charge is 2.51. The van der Waals surface area contributed by atoms with E-state index in [1.165, 1.54) is 55.6 Å². The third-order valence-corrected chi connectivity index (χ3v) is 13.5. The Kier molecular flexibility index (Phi) is 7.85. The van der Waals surface area contributed by atoms with Crippen molar-refractivity contribution in [2.24, 2.45) is 0 Å². The molecule has 0 bridgehead atoms. The van der Waals surface area contributed by atoms with Gasteiger partial charge in [-0.15, -0.1) is 0 Å². The van der Waals surface area contributed by atoms with Crippen molar-refractivity contribution >= 4 is 39.0 Å². The Morgan fingerprint density at radius 1 is 0.270 bits per heavy atom. The van der Waals surface area contributed by atoms with Gasteiger partial charge in [0, 0.05) is 39.0 Å². The van der Waals surface area contributed by atoms with E-state index in [0.29, 0.717) is 0 Å². The lowest BCUT2D eigenvalue weighted by Crippen LogP contribution is -2.26. The average Bonchev–Trinajstić information content (AvgIpc) is 3.99. The average molecular weight is 802 g/mol. The second kappa shape index (κ2) is 13.9. The molecule has 0 N–H and O–H groups in total. The van der Waals surface area contributed by atoms with Gasteiger partial charge in [-0.25, -0.2) is 0 Å². The van der Waals surface area contributed by atoms with Crippen LogP contribution in [0.3, 0.4) is 0 Å². The van der Waals surface area contributed by atoms with E-state index >= 15 is 0 Å². The fraction of sp³-hybridized carbons (Fsp3) is 0.0164. The van der Waals surface area contributed by atoms with Crippen LogP contribution in [0.15, 0.2) is 241 Å². The molecule has 0 amide bonds. The van der Waals surface area contributed by atoms with E-state index in [2.05, 4.69) is 241 Å². The SMILES string of the molecule is c1ccc(-c2ccc(N(c3ccc(-c4cccc5c4oc4c(-c6ccccc6)cccc45)cc3)c3ccc4c(c3)C3(c5ccccc5-c5ccccc53)c3ccccc3-4)cc2)cc1. The zero-order chi connectivity index (χ0) is 41.5. The maximum absolute atomic E-state index is 6.84. The number of hydrogen-bond donors (Lipinski definition) is 0. The van der Waals surface area contributed by atoms with Crippen molar-refractivity contribution in [3.05, 3.63) is 259 Å². The van der Waals surface area contributed by atoms with Gasteiger partial charge in [-0.05, 0) is 103 Å². The van der Waals surface area contributed by atoms with E-state index in [1.54, 1.807) is 0 Å². The molecule has 13 rings (SSSR count). The number of para-hydroxylation sites is 2. The third-order valence-electron chi connectivity index (χ3n) is 13.5. The highest BCUT2D eigenvalue weighted by Crippen LogP contribution is 2.63. The molecule has 0 radical (unpaired) electrons. The number of benzene rings is 10. The van der Waals surface area contributed by atoms with Gasteiger partial charge in [-0.2, -0.15) is 0 Å². The molecular weight excluding hydrogens is 763 g/mol. The molecule has 0 fully saturated rings. The van der Waals surface area contributed by atoms with Crippen molar-refractivity contribution in [3.8, 4) is 55.6 Å². The number of hydrogen-bond acceptors (Lipinski definition) is 2. The Labute approximate surface area is 366 Å². The molecule has 2 heteroatoms. The minimum atomic E-state index is -0.437. The van der Waals surface area contributed by atoms with Crippen LogP contribution in [-0.2, 0) is 5.41 Å². The molecule has 63 heavy (non-hydrogen) atoms. The zero-order valence-electron chi connectivity index (χ0n) is 34.4. The number of fused-ring (bicyclic) bond motifs is 13. The Balaban J connectivity index is 0.978. The number of rotatable bonds is 6. The van der Waals surface area contributed by atoms with E-state index in [4.69, 9.17) is 4.42 Å². The van der Waals surface area contributed by atoms with E-state index in [0.717, 1.165) is 61.3 Å². The summed E-state index contributed by atoms with van der Waals surface area (Å²) in [4.78, 5) is 2.41. The van der Waals surface area contributed by atoms with Crippen LogP contribution in [0.5, 0.6) is 0 Å². The lowest BCUT2D eigenvalue weighted by molar-refractivity contribution is 0.671. The molecule has 1 heterocycles. The molecule has 0 saturated carbocycles. The van der Waals surface area contributed by atoms with Crippen LogP contribution in [0, 0.1) is 0 Å². The van der Waals surface area contributed by atoms with Gasteiger partial charge in [0.25, 0.3) is 0 Å². The number of nitrogens with zero attached hydrogens (tertiary/aromatic N) is 1. The zero-order valence-corrected chi connectivity index (χ0v) is 34.4. The molecule has 1 spiro atoms. The fourth-order valence-corrected chi connectivity index (χ4v) is 10.8. The van der Waals surface area contributed by atoms with Gasteiger partial charge in [0.15, 0.2) is 0 Å². The summed E-state index contributed by atoms with van der Waals surface area (Å²) in [5.41, 5.74) is 22.0. The van der Waals surface area contributed by atoms with E-state index in [1.807, 2.05) is 0 Å². The third kappa shape index (κ3) is 5.25. The molecule has 2 nitrogen and oxygen atoms in total.